The Bertz CT molecular complexity index is 532. The van der Waals surface area contributed by atoms with Gasteiger partial charge in [-0.2, -0.15) is 0 Å². The first-order valence-electron chi connectivity index (χ1n) is 5.34. The number of hydrogen-bond acceptors (Lipinski definition) is 4. The lowest BCUT2D eigenvalue weighted by Crippen LogP contribution is -2.11. The minimum Gasteiger partial charge on any atom is -0.299 e. The number of hydrogen-bond donors (Lipinski definition) is 0. The number of rotatable bonds is 3. The molecule has 0 aliphatic carbocycles. The minimum atomic E-state index is -0.225. The van der Waals surface area contributed by atoms with Gasteiger partial charge in [0.1, 0.15) is 11.6 Å². The number of fused-ring (bicyclic) bond motifs is 1. The maximum absolute atomic E-state index is 11.7. The highest BCUT2D eigenvalue weighted by Crippen LogP contribution is 2.19. The van der Waals surface area contributed by atoms with E-state index in [1.165, 1.54) is 0 Å². The summed E-state index contributed by atoms with van der Waals surface area (Å²) in [5, 5.41) is 8.04. The third-order valence-corrected chi connectivity index (χ3v) is 2.77. The van der Waals surface area contributed by atoms with E-state index in [2.05, 4.69) is 15.2 Å². The second kappa shape index (κ2) is 4.00. The van der Waals surface area contributed by atoms with Crippen molar-refractivity contribution in [3.05, 3.63) is 23.9 Å². The average molecular weight is 218 g/mol. The molecule has 1 unspecified atom stereocenters. The van der Waals surface area contributed by atoms with Crippen molar-refractivity contribution in [2.45, 2.75) is 33.1 Å². The molecular weight excluding hydrogens is 204 g/mol. The number of aryl methyl sites for hydroxylation is 1. The zero-order chi connectivity index (χ0) is 11.7. The predicted molar refractivity (Wildman–Crippen MR) is 59.2 cm³/mol. The summed E-state index contributed by atoms with van der Waals surface area (Å²) < 4.78 is 1.85. The number of Topliss-reactive ketones (excluding diaryl/α,β-unsaturated/α-hetero) is 1. The number of carbonyl (C=O) groups is 1. The standard InChI is InChI=1S/C11H14N4O/c1-4-9(16)7(2)10-11-14-13-8(3)15(11)6-5-12-10/h5-7H,4H2,1-3H3. The van der Waals surface area contributed by atoms with E-state index in [0.29, 0.717) is 17.8 Å². The molecule has 0 spiro atoms. The fourth-order valence-corrected chi connectivity index (χ4v) is 1.72. The van der Waals surface area contributed by atoms with E-state index >= 15 is 0 Å². The fourth-order valence-electron chi connectivity index (χ4n) is 1.72. The van der Waals surface area contributed by atoms with Crippen molar-refractivity contribution in [1.29, 1.82) is 0 Å². The molecule has 0 aromatic carbocycles. The Kier molecular flexibility index (Phi) is 2.68. The van der Waals surface area contributed by atoms with E-state index in [9.17, 15) is 4.79 Å². The molecule has 1 atom stereocenters. The molecule has 0 N–H and O–H groups in total. The van der Waals surface area contributed by atoms with E-state index in [1.54, 1.807) is 12.4 Å². The van der Waals surface area contributed by atoms with E-state index < -0.39 is 0 Å². The first-order chi connectivity index (χ1) is 7.65. The molecule has 5 heteroatoms. The SMILES string of the molecule is CCC(=O)C(C)c1nccn2c(C)nnc12. The van der Waals surface area contributed by atoms with Gasteiger partial charge in [-0.1, -0.05) is 6.92 Å². The molecule has 84 valence electrons. The van der Waals surface area contributed by atoms with Crippen molar-refractivity contribution in [1.82, 2.24) is 19.6 Å². The molecule has 2 rings (SSSR count). The monoisotopic (exact) mass is 218 g/mol. The third kappa shape index (κ3) is 1.58. The summed E-state index contributed by atoms with van der Waals surface area (Å²) in [5.41, 5.74) is 1.38. The lowest BCUT2D eigenvalue weighted by Gasteiger charge is -2.08. The lowest BCUT2D eigenvalue weighted by atomic mass is 10.0. The molecule has 0 radical (unpaired) electrons. The van der Waals surface area contributed by atoms with Crippen LogP contribution in [0.1, 0.15) is 37.7 Å². The molecule has 2 aromatic heterocycles. The number of carbonyl (C=O) groups excluding carboxylic acids is 1. The number of nitrogens with zero attached hydrogens (tertiary/aromatic N) is 4. The van der Waals surface area contributed by atoms with Gasteiger partial charge in [0, 0.05) is 18.8 Å². The van der Waals surface area contributed by atoms with E-state index in [-0.39, 0.29) is 11.7 Å². The van der Waals surface area contributed by atoms with Gasteiger partial charge in [0.25, 0.3) is 0 Å². The van der Waals surface area contributed by atoms with Gasteiger partial charge in [-0.3, -0.25) is 14.2 Å². The molecule has 0 fully saturated rings. The normalized spacial score (nSPS) is 12.9. The van der Waals surface area contributed by atoms with Crippen molar-refractivity contribution in [3.8, 4) is 0 Å². The summed E-state index contributed by atoms with van der Waals surface area (Å²) in [6.07, 6.45) is 3.99. The lowest BCUT2D eigenvalue weighted by molar-refractivity contribution is -0.119. The van der Waals surface area contributed by atoms with Crippen molar-refractivity contribution < 1.29 is 4.79 Å². The van der Waals surface area contributed by atoms with Crippen molar-refractivity contribution >= 4 is 11.4 Å². The summed E-state index contributed by atoms with van der Waals surface area (Å²) in [6, 6.07) is 0. The highest BCUT2D eigenvalue weighted by atomic mass is 16.1. The van der Waals surface area contributed by atoms with Gasteiger partial charge in [-0.25, -0.2) is 0 Å². The third-order valence-electron chi connectivity index (χ3n) is 2.77. The van der Waals surface area contributed by atoms with Gasteiger partial charge in [0.2, 0.25) is 0 Å². The zero-order valence-electron chi connectivity index (χ0n) is 9.64. The van der Waals surface area contributed by atoms with E-state index in [4.69, 9.17) is 0 Å². The molecule has 2 aromatic rings. The Morgan fingerprint density at radius 3 is 2.94 bits per heavy atom. The van der Waals surface area contributed by atoms with E-state index in [1.807, 2.05) is 25.2 Å². The van der Waals surface area contributed by atoms with Gasteiger partial charge < -0.3 is 0 Å². The van der Waals surface area contributed by atoms with Crippen molar-refractivity contribution in [3.63, 3.8) is 0 Å². The van der Waals surface area contributed by atoms with Crippen LogP contribution in [0, 0.1) is 6.92 Å². The first kappa shape index (κ1) is 10.7. The smallest absolute Gasteiger partial charge is 0.183 e. The maximum atomic E-state index is 11.7. The van der Waals surface area contributed by atoms with E-state index in [0.717, 1.165) is 5.82 Å². The summed E-state index contributed by atoms with van der Waals surface area (Å²) in [4.78, 5) is 15.9. The zero-order valence-corrected chi connectivity index (χ0v) is 9.64. The van der Waals surface area contributed by atoms with Crippen LogP contribution in [-0.4, -0.2) is 25.4 Å². The van der Waals surface area contributed by atoms with Crippen LogP contribution >= 0.6 is 0 Å². The largest absolute Gasteiger partial charge is 0.299 e. The van der Waals surface area contributed by atoms with Crippen LogP contribution in [0.2, 0.25) is 0 Å². The molecule has 0 amide bonds. The van der Waals surface area contributed by atoms with Crippen LogP contribution in [0.3, 0.4) is 0 Å². The molecule has 5 nitrogen and oxygen atoms in total. The van der Waals surface area contributed by atoms with Gasteiger partial charge in [-0.15, -0.1) is 10.2 Å². The molecule has 0 saturated heterocycles. The molecule has 0 saturated carbocycles. The average Bonchev–Trinajstić information content (AvgIpc) is 2.69. The second-order valence-corrected chi connectivity index (χ2v) is 3.79. The van der Waals surface area contributed by atoms with Gasteiger partial charge in [-0.05, 0) is 13.8 Å². The molecule has 2 heterocycles. The van der Waals surface area contributed by atoms with Crippen LogP contribution < -0.4 is 0 Å². The Morgan fingerprint density at radius 1 is 1.50 bits per heavy atom. The predicted octanol–water partition coefficient (Wildman–Crippen LogP) is 1.52. The topological polar surface area (TPSA) is 60.2 Å². The Morgan fingerprint density at radius 2 is 2.25 bits per heavy atom. The van der Waals surface area contributed by atoms with Gasteiger partial charge in [0.05, 0.1) is 11.6 Å². The molecule has 0 bridgehead atoms. The molecule has 0 aliphatic heterocycles. The summed E-state index contributed by atoms with van der Waals surface area (Å²) in [5.74, 6) is 0.744. The Hall–Kier alpha value is -1.78. The minimum absolute atomic E-state index is 0.168. The van der Waals surface area contributed by atoms with Crippen LogP contribution in [0.4, 0.5) is 0 Å². The second-order valence-electron chi connectivity index (χ2n) is 3.79. The quantitative estimate of drug-likeness (QED) is 0.783. The molecular formula is C11H14N4O. The highest BCUT2D eigenvalue weighted by molar-refractivity contribution is 5.86. The number of aromatic nitrogens is 4. The molecule has 16 heavy (non-hydrogen) atoms. The first-order valence-corrected chi connectivity index (χ1v) is 5.34. The fraction of sp³-hybridized carbons (Fsp3) is 0.455. The van der Waals surface area contributed by atoms with Crippen molar-refractivity contribution in [2.24, 2.45) is 0 Å². The van der Waals surface area contributed by atoms with Gasteiger partial charge >= 0.3 is 0 Å². The Labute approximate surface area is 93.5 Å². The Balaban J connectivity index is 2.56. The highest BCUT2D eigenvalue weighted by Gasteiger charge is 2.19. The number of ketones is 1. The van der Waals surface area contributed by atoms with Crippen LogP contribution in [0.5, 0.6) is 0 Å². The van der Waals surface area contributed by atoms with Crippen LogP contribution in [-0.2, 0) is 4.79 Å². The summed E-state index contributed by atoms with van der Waals surface area (Å²) in [7, 11) is 0. The van der Waals surface area contributed by atoms with Crippen molar-refractivity contribution in [2.75, 3.05) is 0 Å². The summed E-state index contributed by atoms with van der Waals surface area (Å²) >= 11 is 0. The van der Waals surface area contributed by atoms with Crippen LogP contribution in [0.25, 0.3) is 5.65 Å². The molecule has 0 aliphatic rings. The summed E-state index contributed by atoms with van der Waals surface area (Å²) in [6.45, 7) is 5.59. The van der Waals surface area contributed by atoms with Gasteiger partial charge in [0.15, 0.2) is 5.65 Å². The maximum Gasteiger partial charge on any atom is 0.183 e. The van der Waals surface area contributed by atoms with Crippen LogP contribution in [0.15, 0.2) is 12.4 Å².